The number of hydrazone groups is 1. The number of ether oxygens (including phenoxy) is 2. The standard InChI is InChI=1S/C23H20BrClN2O3/c1-16(30-22-12-6-19(24)7-13-22)23(28)27-26-14-17-4-10-21(11-5-17)29-15-18-2-8-20(25)9-3-18/h2-14,16H,15H2,1H3,(H,27,28)/b26-14-/t16-/m0/s1. The molecule has 0 radical (unpaired) electrons. The number of halogens is 2. The van der Waals surface area contributed by atoms with Crippen LogP contribution in [0.4, 0.5) is 0 Å². The minimum Gasteiger partial charge on any atom is -0.489 e. The number of carbonyl (C=O) groups excluding carboxylic acids is 1. The second kappa shape index (κ2) is 10.8. The van der Waals surface area contributed by atoms with Crippen molar-refractivity contribution in [3.8, 4) is 11.5 Å². The van der Waals surface area contributed by atoms with Crippen molar-refractivity contribution in [2.24, 2.45) is 5.10 Å². The minimum atomic E-state index is -0.674. The van der Waals surface area contributed by atoms with E-state index in [0.29, 0.717) is 17.4 Å². The molecule has 0 unspecified atom stereocenters. The zero-order valence-electron chi connectivity index (χ0n) is 16.2. The molecule has 0 aliphatic rings. The number of hydrogen-bond acceptors (Lipinski definition) is 4. The molecule has 7 heteroatoms. The van der Waals surface area contributed by atoms with E-state index in [4.69, 9.17) is 21.1 Å². The Balaban J connectivity index is 1.45. The first kappa shape index (κ1) is 21.9. The zero-order chi connectivity index (χ0) is 21.3. The summed E-state index contributed by atoms with van der Waals surface area (Å²) < 4.78 is 12.3. The monoisotopic (exact) mass is 486 g/mol. The van der Waals surface area contributed by atoms with E-state index in [1.54, 1.807) is 25.3 Å². The Morgan fingerprint density at radius 3 is 2.33 bits per heavy atom. The number of rotatable bonds is 8. The van der Waals surface area contributed by atoms with Gasteiger partial charge >= 0.3 is 0 Å². The normalized spacial score (nSPS) is 11.8. The lowest BCUT2D eigenvalue weighted by atomic mass is 10.2. The van der Waals surface area contributed by atoms with Crippen LogP contribution in [0.15, 0.2) is 82.4 Å². The lowest BCUT2D eigenvalue weighted by Crippen LogP contribution is -2.33. The summed E-state index contributed by atoms with van der Waals surface area (Å²) in [5, 5.41) is 4.68. The Bertz CT molecular complexity index is 990. The van der Waals surface area contributed by atoms with E-state index >= 15 is 0 Å². The van der Waals surface area contributed by atoms with Gasteiger partial charge in [0.15, 0.2) is 6.10 Å². The second-order valence-electron chi connectivity index (χ2n) is 6.43. The van der Waals surface area contributed by atoms with Gasteiger partial charge in [-0.2, -0.15) is 5.10 Å². The number of benzene rings is 3. The number of nitrogens with zero attached hydrogens (tertiary/aromatic N) is 1. The van der Waals surface area contributed by atoms with Gasteiger partial charge in [-0.1, -0.05) is 39.7 Å². The van der Waals surface area contributed by atoms with E-state index in [1.807, 2.05) is 60.7 Å². The molecule has 1 N–H and O–H groups in total. The van der Waals surface area contributed by atoms with Crippen molar-refractivity contribution in [2.75, 3.05) is 0 Å². The van der Waals surface area contributed by atoms with Crippen LogP contribution in [0.25, 0.3) is 0 Å². The highest BCUT2D eigenvalue weighted by Gasteiger charge is 2.13. The second-order valence-corrected chi connectivity index (χ2v) is 7.78. The summed E-state index contributed by atoms with van der Waals surface area (Å²) in [5.41, 5.74) is 4.35. The Labute approximate surface area is 188 Å². The average Bonchev–Trinajstić information content (AvgIpc) is 2.76. The fourth-order valence-corrected chi connectivity index (χ4v) is 2.82. The van der Waals surface area contributed by atoms with Crippen LogP contribution >= 0.6 is 27.5 Å². The lowest BCUT2D eigenvalue weighted by Gasteiger charge is -2.12. The molecule has 3 aromatic rings. The maximum absolute atomic E-state index is 12.1. The van der Waals surface area contributed by atoms with Gasteiger partial charge in [-0.05, 0) is 78.7 Å². The maximum Gasteiger partial charge on any atom is 0.280 e. The highest BCUT2D eigenvalue weighted by Crippen LogP contribution is 2.17. The van der Waals surface area contributed by atoms with E-state index in [9.17, 15) is 4.79 Å². The molecule has 3 rings (SSSR count). The molecule has 0 spiro atoms. The van der Waals surface area contributed by atoms with Crippen molar-refractivity contribution < 1.29 is 14.3 Å². The van der Waals surface area contributed by atoms with Crippen LogP contribution in [-0.4, -0.2) is 18.2 Å². The molecular weight excluding hydrogens is 468 g/mol. The Hall–Kier alpha value is -2.83. The van der Waals surface area contributed by atoms with Crippen LogP contribution in [0.3, 0.4) is 0 Å². The first-order valence-electron chi connectivity index (χ1n) is 9.22. The quantitative estimate of drug-likeness (QED) is 0.332. The van der Waals surface area contributed by atoms with Crippen molar-refractivity contribution in [3.05, 3.63) is 93.4 Å². The summed E-state index contributed by atoms with van der Waals surface area (Å²) in [4.78, 5) is 12.1. The van der Waals surface area contributed by atoms with Gasteiger partial charge in [0.05, 0.1) is 6.21 Å². The van der Waals surface area contributed by atoms with Crippen LogP contribution in [-0.2, 0) is 11.4 Å². The summed E-state index contributed by atoms with van der Waals surface area (Å²) in [6.07, 6.45) is 0.889. The third-order valence-electron chi connectivity index (χ3n) is 4.08. The van der Waals surface area contributed by atoms with Crippen LogP contribution < -0.4 is 14.9 Å². The number of hydrogen-bond donors (Lipinski definition) is 1. The van der Waals surface area contributed by atoms with Gasteiger partial charge in [0, 0.05) is 9.50 Å². The van der Waals surface area contributed by atoms with Gasteiger partial charge in [0.25, 0.3) is 5.91 Å². The van der Waals surface area contributed by atoms with Gasteiger partial charge in [-0.25, -0.2) is 5.43 Å². The fraction of sp³-hybridized carbons (Fsp3) is 0.130. The van der Waals surface area contributed by atoms with Gasteiger partial charge < -0.3 is 9.47 Å². The Morgan fingerprint density at radius 2 is 1.67 bits per heavy atom. The predicted molar refractivity (Wildman–Crippen MR) is 122 cm³/mol. The average molecular weight is 488 g/mol. The molecule has 0 fully saturated rings. The van der Waals surface area contributed by atoms with Gasteiger partial charge in [-0.15, -0.1) is 0 Å². The summed E-state index contributed by atoms with van der Waals surface area (Å²) in [7, 11) is 0. The first-order valence-corrected chi connectivity index (χ1v) is 10.4. The summed E-state index contributed by atoms with van der Waals surface area (Å²) in [6, 6.07) is 22.2. The molecule has 3 aromatic carbocycles. The van der Waals surface area contributed by atoms with Gasteiger partial charge in [-0.3, -0.25) is 4.79 Å². The van der Waals surface area contributed by atoms with Crippen LogP contribution in [0.2, 0.25) is 5.02 Å². The molecule has 5 nitrogen and oxygen atoms in total. The molecule has 0 saturated heterocycles. The smallest absolute Gasteiger partial charge is 0.280 e. The van der Waals surface area contributed by atoms with Crippen LogP contribution in [0.5, 0.6) is 11.5 Å². The molecule has 0 aliphatic heterocycles. The summed E-state index contributed by atoms with van der Waals surface area (Å²) >= 11 is 9.24. The number of carbonyl (C=O) groups is 1. The summed E-state index contributed by atoms with van der Waals surface area (Å²) in [6.45, 7) is 2.12. The minimum absolute atomic E-state index is 0.336. The van der Waals surface area contributed by atoms with Gasteiger partial charge in [0.2, 0.25) is 0 Å². The predicted octanol–water partition coefficient (Wildman–Crippen LogP) is 5.60. The van der Waals surface area contributed by atoms with Crippen molar-refractivity contribution >= 4 is 39.7 Å². The molecule has 0 heterocycles. The highest BCUT2D eigenvalue weighted by molar-refractivity contribution is 9.10. The SMILES string of the molecule is C[C@H](Oc1ccc(Br)cc1)C(=O)N/N=C\c1ccc(OCc2ccc(Cl)cc2)cc1. The van der Waals surface area contributed by atoms with Gasteiger partial charge in [0.1, 0.15) is 18.1 Å². The van der Waals surface area contributed by atoms with E-state index in [0.717, 1.165) is 21.3 Å². The van der Waals surface area contributed by atoms with Crippen molar-refractivity contribution in [2.45, 2.75) is 19.6 Å². The number of nitrogens with one attached hydrogen (secondary N) is 1. The van der Waals surface area contributed by atoms with E-state index < -0.39 is 6.10 Å². The molecule has 0 aromatic heterocycles. The zero-order valence-corrected chi connectivity index (χ0v) is 18.6. The molecule has 1 atom stereocenters. The largest absolute Gasteiger partial charge is 0.489 e. The Morgan fingerprint density at radius 1 is 1.03 bits per heavy atom. The fourth-order valence-electron chi connectivity index (χ4n) is 2.43. The number of amides is 1. The van der Waals surface area contributed by atoms with E-state index in [1.165, 1.54) is 0 Å². The van der Waals surface area contributed by atoms with Crippen LogP contribution in [0, 0.1) is 0 Å². The Kier molecular flexibility index (Phi) is 7.88. The van der Waals surface area contributed by atoms with Crippen molar-refractivity contribution in [1.29, 1.82) is 0 Å². The lowest BCUT2D eigenvalue weighted by molar-refractivity contribution is -0.127. The first-order chi connectivity index (χ1) is 14.5. The van der Waals surface area contributed by atoms with Crippen molar-refractivity contribution in [1.82, 2.24) is 5.43 Å². The third kappa shape index (κ3) is 6.90. The maximum atomic E-state index is 12.1. The molecule has 0 bridgehead atoms. The summed E-state index contributed by atoms with van der Waals surface area (Å²) in [5.74, 6) is 1.01. The molecule has 154 valence electrons. The van der Waals surface area contributed by atoms with Crippen molar-refractivity contribution in [3.63, 3.8) is 0 Å². The third-order valence-corrected chi connectivity index (χ3v) is 4.86. The molecule has 30 heavy (non-hydrogen) atoms. The highest BCUT2D eigenvalue weighted by atomic mass is 79.9. The van der Waals surface area contributed by atoms with E-state index in [-0.39, 0.29) is 5.91 Å². The molecule has 1 amide bonds. The molecule has 0 aliphatic carbocycles. The van der Waals surface area contributed by atoms with Crippen LogP contribution in [0.1, 0.15) is 18.1 Å². The molecule has 0 saturated carbocycles. The molecular formula is C23H20BrClN2O3. The topological polar surface area (TPSA) is 59.9 Å². The van der Waals surface area contributed by atoms with E-state index in [2.05, 4.69) is 26.5 Å².